The van der Waals surface area contributed by atoms with Crippen molar-refractivity contribution in [1.29, 1.82) is 0 Å². The normalized spacial score (nSPS) is 24.1. The summed E-state index contributed by atoms with van der Waals surface area (Å²) >= 11 is 4.33. The van der Waals surface area contributed by atoms with Gasteiger partial charge in [-0.1, -0.05) is 13.0 Å². The average Bonchev–Trinajstić information content (AvgIpc) is 2.35. The summed E-state index contributed by atoms with van der Waals surface area (Å²) in [5.74, 6) is 0.740. The molecule has 1 aliphatic heterocycles. The van der Waals surface area contributed by atoms with E-state index in [4.69, 9.17) is 0 Å². The molecule has 1 aliphatic rings. The fourth-order valence-corrected chi connectivity index (χ4v) is 2.82. The van der Waals surface area contributed by atoms with Crippen LogP contribution in [-0.2, 0) is 0 Å². The molecule has 0 spiro atoms. The minimum atomic E-state index is 0.155. The second-order valence-electron chi connectivity index (χ2n) is 5.36. The van der Waals surface area contributed by atoms with Crippen LogP contribution in [0.2, 0.25) is 0 Å². The van der Waals surface area contributed by atoms with Crippen LogP contribution in [0.1, 0.15) is 42.6 Å². The maximum absolute atomic E-state index is 12.6. The molecule has 0 aromatic heterocycles. The van der Waals surface area contributed by atoms with Crippen molar-refractivity contribution in [3.63, 3.8) is 0 Å². The SMILES string of the molecule is Cc1ccc(S)cc1C(=O)N1CCCC(C)C1C. The Kier molecular flexibility index (Phi) is 4.00. The predicted molar refractivity (Wildman–Crippen MR) is 77.3 cm³/mol. The van der Waals surface area contributed by atoms with Gasteiger partial charge >= 0.3 is 0 Å². The minimum absolute atomic E-state index is 0.155. The zero-order valence-electron chi connectivity index (χ0n) is 11.3. The van der Waals surface area contributed by atoms with Gasteiger partial charge in [-0.2, -0.15) is 0 Å². The van der Waals surface area contributed by atoms with Crippen LogP contribution in [-0.4, -0.2) is 23.4 Å². The highest BCUT2D eigenvalue weighted by Gasteiger charge is 2.29. The van der Waals surface area contributed by atoms with E-state index in [1.807, 2.05) is 30.0 Å². The molecule has 98 valence electrons. The van der Waals surface area contributed by atoms with Crippen LogP contribution in [0.25, 0.3) is 0 Å². The van der Waals surface area contributed by atoms with Gasteiger partial charge in [0.1, 0.15) is 0 Å². The molecule has 1 amide bonds. The van der Waals surface area contributed by atoms with Gasteiger partial charge in [0.25, 0.3) is 5.91 Å². The van der Waals surface area contributed by atoms with Crippen molar-refractivity contribution in [3.05, 3.63) is 29.3 Å². The topological polar surface area (TPSA) is 20.3 Å². The highest BCUT2D eigenvalue weighted by molar-refractivity contribution is 7.80. The third-order valence-electron chi connectivity index (χ3n) is 4.09. The highest BCUT2D eigenvalue weighted by atomic mass is 32.1. The number of piperidine rings is 1. The molecule has 1 heterocycles. The lowest BCUT2D eigenvalue weighted by Gasteiger charge is -2.38. The number of hydrogen-bond acceptors (Lipinski definition) is 2. The Bertz CT molecular complexity index is 458. The Balaban J connectivity index is 2.27. The third-order valence-corrected chi connectivity index (χ3v) is 4.36. The second kappa shape index (κ2) is 5.35. The third kappa shape index (κ3) is 2.56. The standard InChI is InChI=1S/C15H21NOS/c1-10-5-4-8-16(12(10)3)15(17)14-9-13(18)7-6-11(14)2/h6-7,9-10,12,18H,4-5,8H2,1-3H3. The van der Waals surface area contributed by atoms with E-state index in [2.05, 4.69) is 26.5 Å². The van der Waals surface area contributed by atoms with Crippen molar-refractivity contribution < 1.29 is 4.79 Å². The van der Waals surface area contributed by atoms with Gasteiger partial charge in [0.2, 0.25) is 0 Å². The number of rotatable bonds is 1. The van der Waals surface area contributed by atoms with Gasteiger partial charge in [0, 0.05) is 23.0 Å². The van der Waals surface area contributed by atoms with Gasteiger partial charge in [0.05, 0.1) is 0 Å². The van der Waals surface area contributed by atoms with E-state index in [1.54, 1.807) is 0 Å². The summed E-state index contributed by atoms with van der Waals surface area (Å²) in [5, 5.41) is 0. The Morgan fingerprint density at radius 3 is 2.83 bits per heavy atom. The van der Waals surface area contributed by atoms with Crippen molar-refractivity contribution in [2.45, 2.75) is 44.6 Å². The van der Waals surface area contributed by atoms with Gasteiger partial charge in [-0.05, 0) is 50.3 Å². The average molecular weight is 263 g/mol. The van der Waals surface area contributed by atoms with E-state index < -0.39 is 0 Å². The molecule has 0 saturated carbocycles. The molecule has 3 heteroatoms. The van der Waals surface area contributed by atoms with Crippen molar-refractivity contribution in [2.24, 2.45) is 5.92 Å². The number of likely N-dealkylation sites (tertiary alicyclic amines) is 1. The maximum Gasteiger partial charge on any atom is 0.254 e. The van der Waals surface area contributed by atoms with E-state index in [0.29, 0.717) is 12.0 Å². The van der Waals surface area contributed by atoms with Crippen molar-refractivity contribution in [3.8, 4) is 0 Å². The molecule has 0 bridgehead atoms. The lowest BCUT2D eigenvalue weighted by atomic mass is 9.91. The molecule has 1 aromatic carbocycles. The Morgan fingerprint density at radius 2 is 2.11 bits per heavy atom. The number of aryl methyl sites for hydroxylation is 1. The molecule has 0 aliphatic carbocycles. The zero-order valence-corrected chi connectivity index (χ0v) is 12.2. The van der Waals surface area contributed by atoms with E-state index in [-0.39, 0.29) is 5.91 Å². The van der Waals surface area contributed by atoms with Gasteiger partial charge in [-0.3, -0.25) is 4.79 Å². The summed E-state index contributed by atoms with van der Waals surface area (Å²) < 4.78 is 0. The summed E-state index contributed by atoms with van der Waals surface area (Å²) in [6.07, 6.45) is 2.33. The fraction of sp³-hybridized carbons (Fsp3) is 0.533. The molecule has 18 heavy (non-hydrogen) atoms. The number of carbonyl (C=O) groups excluding carboxylic acids is 1. The Morgan fingerprint density at radius 1 is 1.39 bits per heavy atom. The number of hydrogen-bond donors (Lipinski definition) is 1. The number of benzene rings is 1. The van der Waals surface area contributed by atoms with Gasteiger partial charge < -0.3 is 4.90 Å². The predicted octanol–water partition coefficient (Wildman–Crippen LogP) is 3.54. The van der Waals surface area contributed by atoms with Crippen molar-refractivity contribution >= 4 is 18.5 Å². The largest absolute Gasteiger partial charge is 0.336 e. The summed E-state index contributed by atoms with van der Waals surface area (Å²) in [6.45, 7) is 7.24. The van der Waals surface area contributed by atoms with Crippen LogP contribution in [0.4, 0.5) is 0 Å². The molecule has 0 radical (unpaired) electrons. The van der Waals surface area contributed by atoms with E-state index in [9.17, 15) is 4.79 Å². The second-order valence-corrected chi connectivity index (χ2v) is 5.87. The summed E-state index contributed by atoms with van der Waals surface area (Å²) in [5.41, 5.74) is 1.83. The van der Waals surface area contributed by atoms with Crippen LogP contribution >= 0.6 is 12.6 Å². The van der Waals surface area contributed by atoms with Gasteiger partial charge in [0.15, 0.2) is 0 Å². The van der Waals surface area contributed by atoms with Crippen molar-refractivity contribution in [1.82, 2.24) is 4.90 Å². The lowest BCUT2D eigenvalue weighted by molar-refractivity contribution is 0.0550. The first-order valence-corrected chi connectivity index (χ1v) is 7.06. The molecule has 2 nitrogen and oxygen atoms in total. The van der Waals surface area contributed by atoms with Gasteiger partial charge in [-0.15, -0.1) is 12.6 Å². The van der Waals surface area contributed by atoms with E-state index in [1.165, 1.54) is 6.42 Å². The molecule has 1 aromatic rings. The Labute approximate surface area is 115 Å². The molecule has 0 N–H and O–H groups in total. The molecular weight excluding hydrogens is 242 g/mol. The number of thiol groups is 1. The van der Waals surface area contributed by atoms with Crippen LogP contribution in [0.3, 0.4) is 0 Å². The first kappa shape index (κ1) is 13.5. The zero-order chi connectivity index (χ0) is 13.3. The maximum atomic E-state index is 12.6. The van der Waals surface area contributed by atoms with Crippen LogP contribution < -0.4 is 0 Å². The number of carbonyl (C=O) groups is 1. The fourth-order valence-electron chi connectivity index (χ4n) is 2.62. The van der Waals surface area contributed by atoms with Crippen LogP contribution in [0.15, 0.2) is 23.1 Å². The highest BCUT2D eigenvalue weighted by Crippen LogP contribution is 2.26. The van der Waals surface area contributed by atoms with E-state index in [0.717, 1.165) is 29.0 Å². The number of nitrogens with zero attached hydrogens (tertiary/aromatic N) is 1. The smallest absolute Gasteiger partial charge is 0.254 e. The van der Waals surface area contributed by atoms with E-state index >= 15 is 0 Å². The monoisotopic (exact) mass is 263 g/mol. The van der Waals surface area contributed by atoms with Crippen LogP contribution in [0.5, 0.6) is 0 Å². The summed E-state index contributed by atoms with van der Waals surface area (Å²) in [7, 11) is 0. The summed E-state index contributed by atoms with van der Waals surface area (Å²) in [6, 6.07) is 6.10. The van der Waals surface area contributed by atoms with Gasteiger partial charge in [-0.25, -0.2) is 0 Å². The molecule has 2 rings (SSSR count). The molecule has 1 saturated heterocycles. The van der Waals surface area contributed by atoms with Crippen molar-refractivity contribution in [2.75, 3.05) is 6.54 Å². The lowest BCUT2D eigenvalue weighted by Crippen LogP contribution is -2.46. The first-order chi connectivity index (χ1) is 8.50. The summed E-state index contributed by atoms with van der Waals surface area (Å²) in [4.78, 5) is 15.5. The first-order valence-electron chi connectivity index (χ1n) is 6.61. The minimum Gasteiger partial charge on any atom is -0.336 e. The Hall–Kier alpha value is -0.960. The molecule has 2 unspecified atom stereocenters. The quantitative estimate of drug-likeness (QED) is 0.768. The molecule has 2 atom stereocenters. The molecular formula is C15H21NOS. The molecule has 1 fully saturated rings. The van der Waals surface area contributed by atoms with Crippen LogP contribution in [0, 0.1) is 12.8 Å². The number of amides is 1.